The Kier molecular flexibility index (Phi) is 7.29. The first-order valence-corrected chi connectivity index (χ1v) is 8.64. The largest absolute Gasteiger partial charge is 0.503 e. The van der Waals surface area contributed by atoms with Crippen molar-refractivity contribution >= 4 is 23.7 Å². The van der Waals surface area contributed by atoms with E-state index in [9.17, 15) is 9.90 Å². The van der Waals surface area contributed by atoms with Crippen molar-refractivity contribution in [2.45, 2.75) is 20.3 Å². The number of carbonyl (C=O) groups excluding carboxylic acids is 1. The van der Waals surface area contributed by atoms with Crippen LogP contribution >= 0.6 is 11.6 Å². The number of halogens is 1. The van der Waals surface area contributed by atoms with Crippen LogP contribution in [-0.4, -0.2) is 30.4 Å². The van der Waals surface area contributed by atoms with Gasteiger partial charge in [-0.2, -0.15) is 5.10 Å². The number of ether oxygens (including phenoxy) is 2. The highest BCUT2D eigenvalue weighted by molar-refractivity contribution is 6.32. The van der Waals surface area contributed by atoms with E-state index in [4.69, 9.17) is 21.1 Å². The predicted molar refractivity (Wildman–Crippen MR) is 102 cm³/mol. The lowest BCUT2D eigenvalue weighted by atomic mass is 10.2. The minimum absolute atomic E-state index is 0.125. The molecule has 0 aliphatic carbocycles. The summed E-state index contributed by atoms with van der Waals surface area (Å²) in [7, 11) is 0. The monoisotopic (exact) mass is 376 g/mol. The van der Waals surface area contributed by atoms with Crippen LogP contribution in [0.4, 0.5) is 0 Å². The molecule has 6 nitrogen and oxygen atoms in total. The number of hydrogen-bond acceptors (Lipinski definition) is 5. The van der Waals surface area contributed by atoms with Gasteiger partial charge in [-0.15, -0.1) is 0 Å². The Bertz CT molecular complexity index is 776. The maximum Gasteiger partial charge on any atom is 0.271 e. The van der Waals surface area contributed by atoms with E-state index in [1.54, 1.807) is 37.3 Å². The van der Waals surface area contributed by atoms with Crippen molar-refractivity contribution in [1.29, 1.82) is 0 Å². The first kappa shape index (κ1) is 19.6. The first-order chi connectivity index (χ1) is 12.5. The van der Waals surface area contributed by atoms with E-state index in [0.29, 0.717) is 30.1 Å². The van der Waals surface area contributed by atoms with Crippen LogP contribution in [0.25, 0.3) is 0 Å². The molecule has 0 aromatic heterocycles. The van der Waals surface area contributed by atoms with Crippen molar-refractivity contribution in [2.75, 3.05) is 13.2 Å². The van der Waals surface area contributed by atoms with Gasteiger partial charge >= 0.3 is 0 Å². The van der Waals surface area contributed by atoms with E-state index < -0.39 is 0 Å². The minimum Gasteiger partial charge on any atom is -0.503 e. The van der Waals surface area contributed by atoms with Crippen LogP contribution < -0.4 is 14.9 Å². The van der Waals surface area contributed by atoms with Crippen molar-refractivity contribution in [3.05, 3.63) is 52.5 Å². The number of hydrazone groups is 1. The van der Waals surface area contributed by atoms with E-state index >= 15 is 0 Å². The molecule has 2 aromatic carbocycles. The van der Waals surface area contributed by atoms with Gasteiger partial charge in [0, 0.05) is 5.56 Å². The molecule has 0 aliphatic heterocycles. The standard InChI is InChI=1S/C19H21ClN2O4/c1-3-9-26-15-7-5-14(6-8-15)19(24)22-21-12-13-10-16(20)18(23)17(11-13)25-4-2/h5-8,10-12,23H,3-4,9H2,1-2H3,(H,22,24)/b21-12+. The molecule has 1 amide bonds. The summed E-state index contributed by atoms with van der Waals surface area (Å²) in [5.74, 6) is 0.503. The molecule has 0 fully saturated rings. The van der Waals surface area contributed by atoms with Crippen LogP contribution in [0.5, 0.6) is 17.2 Å². The summed E-state index contributed by atoms with van der Waals surface area (Å²) in [5, 5.41) is 13.9. The van der Waals surface area contributed by atoms with Crippen molar-refractivity contribution in [1.82, 2.24) is 5.43 Å². The fourth-order valence-corrected chi connectivity index (χ4v) is 2.31. The molecule has 7 heteroatoms. The van der Waals surface area contributed by atoms with Gasteiger partial charge in [0.05, 0.1) is 24.5 Å². The highest BCUT2D eigenvalue weighted by atomic mass is 35.5. The van der Waals surface area contributed by atoms with E-state index in [2.05, 4.69) is 10.5 Å². The fourth-order valence-electron chi connectivity index (χ4n) is 2.09. The molecule has 26 heavy (non-hydrogen) atoms. The lowest BCUT2D eigenvalue weighted by Crippen LogP contribution is -2.17. The zero-order valence-corrected chi connectivity index (χ0v) is 15.4. The van der Waals surface area contributed by atoms with E-state index in [1.165, 1.54) is 12.3 Å². The molecule has 0 unspecified atom stereocenters. The summed E-state index contributed by atoms with van der Waals surface area (Å²) >= 11 is 5.95. The summed E-state index contributed by atoms with van der Waals surface area (Å²) in [4.78, 5) is 12.1. The third-order valence-corrected chi connectivity index (χ3v) is 3.61. The highest BCUT2D eigenvalue weighted by Crippen LogP contribution is 2.34. The Morgan fingerprint density at radius 1 is 1.23 bits per heavy atom. The van der Waals surface area contributed by atoms with Crippen LogP contribution in [0.3, 0.4) is 0 Å². The third kappa shape index (κ3) is 5.39. The fraction of sp³-hybridized carbons (Fsp3) is 0.263. The molecule has 0 saturated heterocycles. The average molecular weight is 377 g/mol. The van der Waals surface area contributed by atoms with Crippen LogP contribution in [-0.2, 0) is 0 Å². The Morgan fingerprint density at radius 2 is 1.96 bits per heavy atom. The van der Waals surface area contributed by atoms with Crippen LogP contribution in [0.1, 0.15) is 36.2 Å². The van der Waals surface area contributed by atoms with Gasteiger partial charge in [0.25, 0.3) is 5.91 Å². The molecular weight excluding hydrogens is 356 g/mol. The summed E-state index contributed by atoms with van der Waals surface area (Å²) < 4.78 is 10.8. The Balaban J connectivity index is 2.00. The number of phenols is 1. The van der Waals surface area contributed by atoms with Crippen LogP contribution in [0.15, 0.2) is 41.5 Å². The van der Waals surface area contributed by atoms with E-state index in [-0.39, 0.29) is 22.4 Å². The van der Waals surface area contributed by atoms with E-state index in [0.717, 1.165) is 6.42 Å². The summed E-state index contributed by atoms with van der Waals surface area (Å²) in [6, 6.07) is 9.92. The second kappa shape index (κ2) is 9.68. The van der Waals surface area contributed by atoms with Gasteiger partial charge in [-0.25, -0.2) is 5.43 Å². The Morgan fingerprint density at radius 3 is 2.62 bits per heavy atom. The number of benzene rings is 2. The molecule has 2 rings (SSSR count). The maximum atomic E-state index is 12.1. The first-order valence-electron chi connectivity index (χ1n) is 8.26. The molecule has 0 bridgehead atoms. The SMILES string of the molecule is CCCOc1ccc(C(=O)N/N=C/c2cc(Cl)c(O)c(OCC)c2)cc1. The zero-order valence-electron chi connectivity index (χ0n) is 14.7. The maximum absolute atomic E-state index is 12.1. The van der Waals surface area contributed by atoms with Gasteiger partial charge in [0.15, 0.2) is 11.5 Å². The van der Waals surface area contributed by atoms with Crippen molar-refractivity contribution in [3.63, 3.8) is 0 Å². The molecule has 0 radical (unpaired) electrons. The topological polar surface area (TPSA) is 80.2 Å². The number of phenolic OH excluding ortho intramolecular Hbond substituents is 1. The quantitative estimate of drug-likeness (QED) is 0.539. The number of carbonyl (C=O) groups is 1. The van der Waals surface area contributed by atoms with Gasteiger partial charge in [0.2, 0.25) is 0 Å². The molecule has 0 atom stereocenters. The van der Waals surface area contributed by atoms with Gasteiger partial charge in [0.1, 0.15) is 5.75 Å². The molecule has 0 spiro atoms. The molecule has 0 aliphatic rings. The summed E-state index contributed by atoms with van der Waals surface area (Å²) in [6.45, 7) is 4.85. The second-order valence-electron chi connectivity index (χ2n) is 5.35. The van der Waals surface area contributed by atoms with Gasteiger partial charge in [-0.1, -0.05) is 18.5 Å². The normalized spacial score (nSPS) is 10.7. The second-order valence-corrected chi connectivity index (χ2v) is 5.76. The number of nitrogens with zero attached hydrogens (tertiary/aromatic N) is 1. The molecular formula is C19H21ClN2O4. The lowest BCUT2D eigenvalue weighted by molar-refractivity contribution is 0.0955. The number of hydrogen-bond donors (Lipinski definition) is 2. The van der Waals surface area contributed by atoms with Crippen LogP contribution in [0, 0.1) is 0 Å². The third-order valence-electron chi connectivity index (χ3n) is 3.32. The predicted octanol–water partition coefficient (Wildman–Crippen LogP) is 4.00. The molecule has 2 N–H and O–H groups in total. The summed E-state index contributed by atoms with van der Waals surface area (Å²) in [5.41, 5.74) is 3.48. The van der Waals surface area contributed by atoms with Gasteiger partial charge in [-0.3, -0.25) is 4.79 Å². The van der Waals surface area contributed by atoms with E-state index in [1.807, 2.05) is 6.92 Å². The number of amides is 1. The minimum atomic E-state index is -0.349. The van der Waals surface area contributed by atoms with Crippen molar-refractivity contribution in [3.8, 4) is 17.2 Å². The van der Waals surface area contributed by atoms with Gasteiger partial charge < -0.3 is 14.6 Å². The van der Waals surface area contributed by atoms with Crippen molar-refractivity contribution in [2.24, 2.45) is 5.10 Å². The lowest BCUT2D eigenvalue weighted by Gasteiger charge is -2.08. The molecule has 2 aromatic rings. The Hall–Kier alpha value is -2.73. The molecule has 0 saturated carbocycles. The Labute approximate surface area is 157 Å². The number of aromatic hydroxyl groups is 1. The molecule has 138 valence electrons. The molecule has 0 heterocycles. The smallest absolute Gasteiger partial charge is 0.271 e. The number of nitrogens with one attached hydrogen (secondary N) is 1. The average Bonchev–Trinajstić information content (AvgIpc) is 2.64. The van der Waals surface area contributed by atoms with Crippen LogP contribution in [0.2, 0.25) is 5.02 Å². The zero-order chi connectivity index (χ0) is 18.9. The van der Waals surface area contributed by atoms with Gasteiger partial charge in [-0.05, 0) is 55.3 Å². The van der Waals surface area contributed by atoms with Crippen molar-refractivity contribution < 1.29 is 19.4 Å². The summed E-state index contributed by atoms with van der Waals surface area (Å²) in [6.07, 6.45) is 2.34. The highest BCUT2D eigenvalue weighted by Gasteiger charge is 2.09. The number of rotatable bonds is 8.